The molecule has 0 spiro atoms. The van der Waals surface area contributed by atoms with E-state index in [2.05, 4.69) is 54.2 Å². The Morgan fingerprint density at radius 2 is 1.62 bits per heavy atom. The molecule has 0 saturated heterocycles. The third-order valence-electron chi connectivity index (χ3n) is 3.02. The summed E-state index contributed by atoms with van der Waals surface area (Å²) in [5, 5.41) is 0. The van der Waals surface area contributed by atoms with Gasteiger partial charge in [-0.3, -0.25) is 0 Å². The van der Waals surface area contributed by atoms with E-state index in [4.69, 9.17) is 0 Å². The molecule has 0 fully saturated rings. The Bertz CT molecular complexity index is 251. The third-order valence-corrected chi connectivity index (χ3v) is 3.02. The molecule has 0 aliphatic heterocycles. The number of rotatable bonds is 3. The van der Waals surface area contributed by atoms with Gasteiger partial charge >= 0.3 is 0 Å². The highest BCUT2D eigenvalue weighted by atomic mass is 14.1. The third kappa shape index (κ3) is 3.22. The van der Waals surface area contributed by atoms with Crippen molar-refractivity contribution in [2.75, 3.05) is 0 Å². The molecule has 0 radical (unpaired) electrons. The quantitative estimate of drug-likeness (QED) is 0.441. The Morgan fingerprint density at radius 1 is 1.15 bits per heavy atom. The molecule has 0 bridgehead atoms. The molecule has 0 saturated carbocycles. The minimum Gasteiger partial charge on any atom is -0.0959 e. The van der Waals surface area contributed by atoms with Crippen molar-refractivity contribution < 1.29 is 0 Å². The second-order valence-electron chi connectivity index (χ2n) is 3.84. The summed E-state index contributed by atoms with van der Waals surface area (Å²) in [5.41, 5.74) is 5.38. The van der Waals surface area contributed by atoms with E-state index in [0.717, 1.165) is 0 Å². The SMILES string of the molecule is C=C(C)/C(C)=C(\C)C(C)C(C)=CC. The highest BCUT2D eigenvalue weighted by Gasteiger charge is 2.08. The molecule has 0 amide bonds. The summed E-state index contributed by atoms with van der Waals surface area (Å²) in [6.07, 6.45) is 2.18. The van der Waals surface area contributed by atoms with Crippen molar-refractivity contribution in [1.29, 1.82) is 0 Å². The predicted molar refractivity (Wildman–Crippen MR) is 61.8 cm³/mol. The molecule has 1 unspecified atom stereocenters. The number of allylic oxidation sites excluding steroid dienone is 5. The zero-order valence-corrected chi connectivity index (χ0v) is 9.86. The normalized spacial score (nSPS) is 16.6. The minimum atomic E-state index is 0.543. The molecule has 0 nitrogen and oxygen atoms in total. The number of hydrogen-bond donors (Lipinski definition) is 0. The fourth-order valence-corrected chi connectivity index (χ4v) is 1.25. The van der Waals surface area contributed by atoms with E-state index in [1.165, 1.54) is 22.3 Å². The van der Waals surface area contributed by atoms with E-state index in [1.807, 2.05) is 0 Å². The summed E-state index contributed by atoms with van der Waals surface area (Å²) >= 11 is 0. The lowest BCUT2D eigenvalue weighted by Gasteiger charge is -2.16. The molecule has 1 atom stereocenters. The second-order valence-corrected chi connectivity index (χ2v) is 3.84. The van der Waals surface area contributed by atoms with Crippen molar-refractivity contribution in [3.05, 3.63) is 34.9 Å². The molecule has 0 N–H and O–H groups in total. The van der Waals surface area contributed by atoms with Crippen LogP contribution in [-0.2, 0) is 0 Å². The molecule has 13 heavy (non-hydrogen) atoms. The average molecular weight is 178 g/mol. The molecule has 0 aromatic rings. The van der Waals surface area contributed by atoms with Crippen LogP contribution < -0.4 is 0 Å². The van der Waals surface area contributed by atoms with Crippen molar-refractivity contribution >= 4 is 0 Å². The lowest BCUT2D eigenvalue weighted by molar-refractivity contribution is 0.786. The van der Waals surface area contributed by atoms with E-state index < -0.39 is 0 Å². The van der Waals surface area contributed by atoms with Gasteiger partial charge in [0.15, 0.2) is 0 Å². The molecule has 0 aromatic heterocycles. The highest BCUT2D eigenvalue weighted by molar-refractivity contribution is 5.32. The van der Waals surface area contributed by atoms with Crippen molar-refractivity contribution in [2.45, 2.75) is 41.5 Å². The summed E-state index contributed by atoms with van der Waals surface area (Å²) < 4.78 is 0. The van der Waals surface area contributed by atoms with E-state index in [1.54, 1.807) is 0 Å². The van der Waals surface area contributed by atoms with Crippen LogP contribution in [0.2, 0.25) is 0 Å². The van der Waals surface area contributed by atoms with Gasteiger partial charge in [0, 0.05) is 0 Å². The highest BCUT2D eigenvalue weighted by Crippen LogP contribution is 2.24. The lowest BCUT2D eigenvalue weighted by atomic mass is 9.89. The van der Waals surface area contributed by atoms with E-state index in [9.17, 15) is 0 Å². The van der Waals surface area contributed by atoms with Crippen LogP contribution in [0, 0.1) is 5.92 Å². The van der Waals surface area contributed by atoms with Crippen LogP contribution in [0.4, 0.5) is 0 Å². The van der Waals surface area contributed by atoms with Crippen molar-refractivity contribution in [1.82, 2.24) is 0 Å². The molecule has 0 heterocycles. The monoisotopic (exact) mass is 178 g/mol. The van der Waals surface area contributed by atoms with Crippen LogP contribution in [-0.4, -0.2) is 0 Å². The van der Waals surface area contributed by atoms with Gasteiger partial charge in [-0.05, 0) is 46.1 Å². The summed E-state index contributed by atoms with van der Waals surface area (Å²) in [4.78, 5) is 0. The van der Waals surface area contributed by atoms with Gasteiger partial charge in [0.2, 0.25) is 0 Å². The van der Waals surface area contributed by atoms with Gasteiger partial charge in [-0.1, -0.05) is 36.3 Å². The van der Waals surface area contributed by atoms with Crippen LogP contribution >= 0.6 is 0 Å². The first-order valence-electron chi connectivity index (χ1n) is 4.87. The van der Waals surface area contributed by atoms with Gasteiger partial charge in [0.1, 0.15) is 0 Å². The Balaban J connectivity index is 4.88. The second kappa shape index (κ2) is 5.06. The van der Waals surface area contributed by atoms with Crippen molar-refractivity contribution in [2.24, 2.45) is 5.92 Å². The topological polar surface area (TPSA) is 0 Å². The summed E-state index contributed by atoms with van der Waals surface area (Å²) in [6.45, 7) is 16.9. The van der Waals surface area contributed by atoms with Crippen molar-refractivity contribution in [3.63, 3.8) is 0 Å². The van der Waals surface area contributed by atoms with Crippen LogP contribution in [0.1, 0.15) is 41.5 Å². The van der Waals surface area contributed by atoms with Crippen LogP contribution in [0.25, 0.3) is 0 Å². The fraction of sp³-hybridized carbons (Fsp3) is 0.538. The largest absolute Gasteiger partial charge is 0.0959 e. The Hall–Kier alpha value is -0.780. The van der Waals surface area contributed by atoms with Gasteiger partial charge in [-0.2, -0.15) is 0 Å². The van der Waals surface area contributed by atoms with Gasteiger partial charge in [-0.15, -0.1) is 0 Å². The molecule has 0 aliphatic rings. The van der Waals surface area contributed by atoms with Crippen LogP contribution in [0.5, 0.6) is 0 Å². The smallest absolute Gasteiger partial charge is 0.00213 e. The lowest BCUT2D eigenvalue weighted by Crippen LogP contribution is -2.01. The molecule has 0 aliphatic carbocycles. The maximum atomic E-state index is 3.97. The Morgan fingerprint density at radius 3 is 1.92 bits per heavy atom. The van der Waals surface area contributed by atoms with Gasteiger partial charge in [-0.25, -0.2) is 0 Å². The number of hydrogen-bond acceptors (Lipinski definition) is 0. The summed E-state index contributed by atoms with van der Waals surface area (Å²) in [6, 6.07) is 0. The molecular weight excluding hydrogens is 156 g/mol. The minimum absolute atomic E-state index is 0.543. The maximum absolute atomic E-state index is 3.97. The van der Waals surface area contributed by atoms with Crippen LogP contribution in [0.3, 0.4) is 0 Å². The van der Waals surface area contributed by atoms with Crippen LogP contribution in [0.15, 0.2) is 34.9 Å². The van der Waals surface area contributed by atoms with E-state index in [-0.39, 0.29) is 0 Å². The average Bonchev–Trinajstić information content (AvgIpc) is 2.12. The van der Waals surface area contributed by atoms with E-state index in [0.29, 0.717) is 5.92 Å². The molecular formula is C13H22. The first-order valence-corrected chi connectivity index (χ1v) is 4.87. The molecule has 0 heteroatoms. The molecule has 74 valence electrons. The Kier molecular flexibility index (Phi) is 4.76. The van der Waals surface area contributed by atoms with Crippen molar-refractivity contribution in [3.8, 4) is 0 Å². The zero-order valence-electron chi connectivity index (χ0n) is 9.86. The first kappa shape index (κ1) is 12.2. The Labute approximate surface area is 83.0 Å². The zero-order chi connectivity index (χ0) is 10.6. The van der Waals surface area contributed by atoms with Gasteiger partial charge in [0.25, 0.3) is 0 Å². The molecule has 0 rings (SSSR count). The van der Waals surface area contributed by atoms with E-state index >= 15 is 0 Å². The predicted octanol–water partition coefficient (Wildman–Crippen LogP) is 4.50. The molecule has 0 aromatic carbocycles. The maximum Gasteiger partial charge on any atom is -0.00213 e. The summed E-state index contributed by atoms with van der Waals surface area (Å²) in [7, 11) is 0. The summed E-state index contributed by atoms with van der Waals surface area (Å²) in [5.74, 6) is 0.543. The first-order chi connectivity index (χ1) is 5.91. The standard InChI is InChI=1S/C13H22/c1-8-10(4)12(6)13(7)11(5)9(2)3/h8,12H,2H2,1,3-7H3/b10-8?,13-11+. The van der Waals surface area contributed by atoms with Gasteiger partial charge in [0.05, 0.1) is 0 Å². The fourth-order valence-electron chi connectivity index (χ4n) is 1.25. The van der Waals surface area contributed by atoms with Gasteiger partial charge < -0.3 is 0 Å².